The molecule has 0 N–H and O–H groups in total. The van der Waals surface area contributed by atoms with E-state index in [9.17, 15) is 26.0 Å². The number of halogens is 5. The van der Waals surface area contributed by atoms with Gasteiger partial charge in [0.2, 0.25) is 0 Å². The summed E-state index contributed by atoms with van der Waals surface area (Å²) in [5.41, 5.74) is -1.43. The molecule has 0 radical (unpaired) electrons. The van der Waals surface area contributed by atoms with E-state index in [2.05, 4.69) is 15.9 Å². The van der Waals surface area contributed by atoms with E-state index in [-0.39, 0.29) is 10.5 Å². The minimum absolute atomic E-state index is 0.0110. The predicted molar refractivity (Wildman–Crippen MR) is 119 cm³/mol. The van der Waals surface area contributed by atoms with Crippen LogP contribution in [0, 0.1) is 5.82 Å². The second-order valence-electron chi connectivity index (χ2n) is 6.50. The van der Waals surface area contributed by atoms with Crippen LogP contribution in [0.4, 0.5) is 22.6 Å². The Bertz CT molecular complexity index is 1350. The number of thiophene rings is 2. The van der Waals surface area contributed by atoms with Gasteiger partial charge in [-0.15, -0.1) is 11.3 Å². The fourth-order valence-electron chi connectivity index (χ4n) is 3.01. The highest BCUT2D eigenvalue weighted by atomic mass is 79.9. The van der Waals surface area contributed by atoms with E-state index in [1.165, 1.54) is 34.1 Å². The van der Waals surface area contributed by atoms with Gasteiger partial charge in [0.1, 0.15) is 10.8 Å². The van der Waals surface area contributed by atoms with E-state index in [1.807, 2.05) is 18.2 Å². The van der Waals surface area contributed by atoms with Crippen molar-refractivity contribution in [2.24, 2.45) is 0 Å². The fraction of sp³-hybridized carbons (Fsp3) is 0.100. The summed E-state index contributed by atoms with van der Waals surface area (Å²) in [6.07, 6.45) is -4.89. The first-order valence-electron chi connectivity index (χ1n) is 8.66. The van der Waals surface area contributed by atoms with Crippen molar-refractivity contribution in [2.75, 3.05) is 4.31 Å². The van der Waals surface area contributed by atoms with Gasteiger partial charge in [0, 0.05) is 15.5 Å². The third kappa shape index (κ3) is 4.23. The minimum Gasteiger partial charge on any atom is -0.251 e. The number of alkyl halides is 3. The van der Waals surface area contributed by atoms with Crippen molar-refractivity contribution >= 4 is 63.7 Å². The number of anilines is 1. The molecule has 2 heterocycles. The van der Waals surface area contributed by atoms with Gasteiger partial charge in [0.05, 0.1) is 21.5 Å². The smallest absolute Gasteiger partial charge is 0.251 e. The van der Waals surface area contributed by atoms with Crippen molar-refractivity contribution in [3.63, 3.8) is 0 Å². The van der Waals surface area contributed by atoms with E-state index in [0.717, 1.165) is 20.5 Å². The van der Waals surface area contributed by atoms with Crippen molar-refractivity contribution in [3.05, 3.63) is 80.7 Å². The van der Waals surface area contributed by atoms with Gasteiger partial charge in [-0.05, 0) is 51.1 Å². The molecule has 0 atom stereocenters. The molecule has 0 amide bonds. The van der Waals surface area contributed by atoms with Gasteiger partial charge in [-0.2, -0.15) is 24.5 Å². The molecule has 0 unspecified atom stereocenters. The Kier molecular flexibility index (Phi) is 5.88. The van der Waals surface area contributed by atoms with Crippen LogP contribution in [0.3, 0.4) is 0 Å². The standard InChI is InChI=1S/C20H12BrF4NO2S3/c21-18-14-3-1-2-4-17(14)30-19(18)26(31(27,28)13-7-8-29-11-13)10-12-5-6-16(22)15(9-12)20(23,24)25/h1-9,11H,10H2. The molecule has 0 spiro atoms. The summed E-state index contributed by atoms with van der Waals surface area (Å²) in [7, 11) is -4.09. The van der Waals surface area contributed by atoms with E-state index >= 15 is 0 Å². The fourth-order valence-corrected chi connectivity index (χ4v) is 7.84. The zero-order chi connectivity index (χ0) is 22.4. The van der Waals surface area contributed by atoms with Crippen LogP contribution in [-0.2, 0) is 22.7 Å². The molecule has 2 aromatic heterocycles. The van der Waals surface area contributed by atoms with Crippen LogP contribution < -0.4 is 4.31 Å². The Hall–Kier alpha value is -1.95. The molecule has 11 heteroatoms. The van der Waals surface area contributed by atoms with Gasteiger partial charge in [-0.3, -0.25) is 4.31 Å². The van der Waals surface area contributed by atoms with Gasteiger partial charge in [-0.25, -0.2) is 12.8 Å². The number of fused-ring (bicyclic) bond motifs is 1. The van der Waals surface area contributed by atoms with Crippen molar-refractivity contribution in [2.45, 2.75) is 17.6 Å². The zero-order valence-corrected chi connectivity index (χ0v) is 19.4. The second-order valence-corrected chi connectivity index (χ2v) is 11.0. The Morgan fingerprint density at radius 2 is 1.81 bits per heavy atom. The summed E-state index contributed by atoms with van der Waals surface area (Å²) in [5.74, 6) is -1.41. The van der Waals surface area contributed by atoms with Crippen LogP contribution in [-0.4, -0.2) is 8.42 Å². The number of nitrogens with zero attached hydrogens (tertiary/aromatic N) is 1. The van der Waals surface area contributed by atoms with Crippen LogP contribution in [0.1, 0.15) is 11.1 Å². The Labute approximate surface area is 191 Å². The van der Waals surface area contributed by atoms with Gasteiger partial charge in [-0.1, -0.05) is 24.3 Å². The highest BCUT2D eigenvalue weighted by Gasteiger charge is 2.35. The molecule has 4 aromatic rings. The third-order valence-corrected chi connectivity index (χ3v) is 9.44. The van der Waals surface area contributed by atoms with Crippen molar-refractivity contribution in [1.82, 2.24) is 0 Å². The van der Waals surface area contributed by atoms with E-state index in [0.29, 0.717) is 21.6 Å². The number of sulfonamides is 1. The van der Waals surface area contributed by atoms with Crippen LogP contribution in [0.2, 0.25) is 0 Å². The molecule has 162 valence electrons. The molecule has 0 fully saturated rings. The SMILES string of the molecule is O=S(=O)(c1ccsc1)N(Cc1ccc(F)c(C(F)(F)F)c1)c1sc2ccccc2c1Br. The second kappa shape index (κ2) is 8.19. The lowest BCUT2D eigenvalue weighted by atomic mass is 10.1. The molecule has 31 heavy (non-hydrogen) atoms. The zero-order valence-electron chi connectivity index (χ0n) is 15.4. The van der Waals surface area contributed by atoms with Crippen LogP contribution in [0.25, 0.3) is 10.1 Å². The number of rotatable bonds is 5. The predicted octanol–water partition coefficient (Wildman–Crippen LogP) is 7.28. The lowest BCUT2D eigenvalue weighted by molar-refractivity contribution is -0.140. The van der Waals surface area contributed by atoms with Gasteiger partial charge in [0.25, 0.3) is 10.0 Å². The average molecular weight is 550 g/mol. The first kappa shape index (κ1) is 22.3. The maximum absolute atomic E-state index is 13.7. The normalized spacial score (nSPS) is 12.4. The van der Waals surface area contributed by atoms with Gasteiger partial charge < -0.3 is 0 Å². The number of benzene rings is 2. The number of hydrogen-bond donors (Lipinski definition) is 0. The molecule has 0 aliphatic heterocycles. The third-order valence-electron chi connectivity index (χ3n) is 4.49. The summed E-state index contributed by atoms with van der Waals surface area (Å²) in [6.45, 7) is -0.396. The highest BCUT2D eigenvalue weighted by molar-refractivity contribution is 9.10. The molecule has 3 nitrogen and oxygen atoms in total. The summed E-state index contributed by atoms with van der Waals surface area (Å²) in [4.78, 5) is 0.0278. The summed E-state index contributed by atoms with van der Waals surface area (Å²) in [5, 5.41) is 4.16. The van der Waals surface area contributed by atoms with E-state index < -0.39 is 34.1 Å². The van der Waals surface area contributed by atoms with E-state index in [4.69, 9.17) is 0 Å². The van der Waals surface area contributed by atoms with Crippen molar-refractivity contribution in [3.8, 4) is 0 Å². The Morgan fingerprint density at radius 1 is 1.06 bits per heavy atom. The quantitative estimate of drug-likeness (QED) is 0.245. The lowest BCUT2D eigenvalue weighted by Crippen LogP contribution is -2.30. The van der Waals surface area contributed by atoms with Gasteiger partial charge in [0.15, 0.2) is 0 Å². The molecular weight excluding hydrogens is 538 g/mol. The monoisotopic (exact) mass is 549 g/mol. The first-order chi connectivity index (χ1) is 14.6. The van der Waals surface area contributed by atoms with Crippen molar-refractivity contribution in [1.29, 1.82) is 0 Å². The van der Waals surface area contributed by atoms with Crippen LogP contribution in [0.15, 0.2) is 68.7 Å². The van der Waals surface area contributed by atoms with Crippen molar-refractivity contribution < 1.29 is 26.0 Å². The molecule has 0 bridgehead atoms. The molecule has 4 rings (SSSR count). The van der Waals surface area contributed by atoms with Gasteiger partial charge >= 0.3 is 6.18 Å². The summed E-state index contributed by atoms with van der Waals surface area (Å²) in [6, 6.07) is 11.2. The molecule has 0 aliphatic rings. The average Bonchev–Trinajstić information content (AvgIpc) is 3.36. The largest absolute Gasteiger partial charge is 0.419 e. The molecule has 0 aliphatic carbocycles. The maximum Gasteiger partial charge on any atom is 0.419 e. The first-order valence-corrected chi connectivity index (χ1v) is 12.7. The highest BCUT2D eigenvalue weighted by Crippen LogP contribution is 2.44. The maximum atomic E-state index is 13.7. The summed E-state index contributed by atoms with van der Waals surface area (Å²) >= 11 is 5.83. The lowest BCUT2D eigenvalue weighted by Gasteiger charge is -2.23. The topological polar surface area (TPSA) is 37.4 Å². The Morgan fingerprint density at radius 3 is 2.45 bits per heavy atom. The summed E-state index contributed by atoms with van der Waals surface area (Å²) < 4.78 is 82.4. The molecular formula is C20H12BrF4NO2S3. The van der Waals surface area contributed by atoms with Crippen LogP contribution >= 0.6 is 38.6 Å². The molecule has 2 aromatic carbocycles. The molecule has 0 saturated heterocycles. The number of hydrogen-bond acceptors (Lipinski definition) is 4. The molecule has 0 saturated carbocycles. The van der Waals surface area contributed by atoms with Crippen LogP contribution in [0.5, 0.6) is 0 Å². The minimum atomic E-state index is -4.89. The van der Waals surface area contributed by atoms with E-state index in [1.54, 1.807) is 11.4 Å². The Balaban J connectivity index is 1.87.